The van der Waals surface area contributed by atoms with Gasteiger partial charge >= 0.3 is 0 Å². The van der Waals surface area contributed by atoms with Crippen LogP contribution in [0.5, 0.6) is 5.75 Å². The second kappa shape index (κ2) is 7.62. The largest absolute Gasteiger partial charge is 0.494 e. The molecule has 0 bridgehead atoms. The average Bonchev–Trinajstić information content (AvgIpc) is 2.42. The van der Waals surface area contributed by atoms with Gasteiger partial charge in [-0.3, -0.25) is 4.90 Å². The fourth-order valence-electron chi connectivity index (χ4n) is 1.98. The van der Waals surface area contributed by atoms with Crippen molar-refractivity contribution in [3.8, 4) is 5.75 Å². The van der Waals surface area contributed by atoms with Crippen molar-refractivity contribution in [2.75, 3.05) is 39.5 Å². The maximum atomic E-state index is 5.81. The number of rotatable bonds is 6. The molecule has 0 aliphatic carbocycles. The minimum atomic E-state index is 0.745. The minimum absolute atomic E-state index is 0.745. The number of ether oxygens (including phenoxy) is 2. The highest BCUT2D eigenvalue weighted by Crippen LogP contribution is 2.15. The number of nitrogens with zero attached hydrogens (tertiary/aromatic N) is 1. The molecule has 100 valence electrons. The zero-order valence-electron chi connectivity index (χ0n) is 10.6. The molecule has 0 atom stereocenters. The second-order valence-electron chi connectivity index (χ2n) is 4.46. The van der Waals surface area contributed by atoms with Gasteiger partial charge in [-0.25, -0.2) is 0 Å². The highest BCUT2D eigenvalue weighted by atomic mass is 35.5. The number of hydrogen-bond donors (Lipinski definition) is 0. The standard InChI is InChI=1S/C14H20ClNO2/c15-13-3-5-14(6-4-13)18-10-2-1-7-16-8-11-17-12-9-16/h3-6H,1-2,7-12H2. The molecule has 1 aromatic carbocycles. The summed E-state index contributed by atoms with van der Waals surface area (Å²) in [5, 5.41) is 0.745. The first-order valence-electron chi connectivity index (χ1n) is 6.53. The van der Waals surface area contributed by atoms with Crippen LogP contribution >= 0.6 is 11.6 Å². The van der Waals surface area contributed by atoms with Crippen LogP contribution in [0.3, 0.4) is 0 Å². The Morgan fingerprint density at radius 1 is 1.11 bits per heavy atom. The highest BCUT2D eigenvalue weighted by molar-refractivity contribution is 6.30. The lowest BCUT2D eigenvalue weighted by molar-refractivity contribution is 0.0368. The van der Waals surface area contributed by atoms with Gasteiger partial charge in [0.2, 0.25) is 0 Å². The Balaban J connectivity index is 1.54. The molecule has 1 saturated heterocycles. The molecule has 1 aromatic rings. The van der Waals surface area contributed by atoms with Crippen LogP contribution in [0.4, 0.5) is 0 Å². The van der Waals surface area contributed by atoms with E-state index in [1.54, 1.807) is 0 Å². The molecule has 0 radical (unpaired) electrons. The van der Waals surface area contributed by atoms with Gasteiger partial charge in [-0.15, -0.1) is 0 Å². The molecule has 0 aromatic heterocycles. The van der Waals surface area contributed by atoms with Crippen LogP contribution in [0.1, 0.15) is 12.8 Å². The molecule has 1 fully saturated rings. The number of benzene rings is 1. The minimum Gasteiger partial charge on any atom is -0.494 e. The van der Waals surface area contributed by atoms with Crippen LogP contribution in [0.15, 0.2) is 24.3 Å². The molecule has 0 N–H and O–H groups in total. The smallest absolute Gasteiger partial charge is 0.119 e. The molecule has 1 aliphatic rings. The van der Waals surface area contributed by atoms with Crippen molar-refractivity contribution in [2.24, 2.45) is 0 Å². The Morgan fingerprint density at radius 2 is 1.83 bits per heavy atom. The molecule has 0 unspecified atom stereocenters. The summed E-state index contributed by atoms with van der Waals surface area (Å²) < 4.78 is 11.0. The predicted octanol–water partition coefficient (Wildman–Crippen LogP) is 2.83. The number of morpholine rings is 1. The third-order valence-electron chi connectivity index (χ3n) is 3.05. The van der Waals surface area contributed by atoms with Gasteiger partial charge in [0.1, 0.15) is 5.75 Å². The molecule has 0 amide bonds. The van der Waals surface area contributed by atoms with E-state index in [9.17, 15) is 0 Å². The maximum absolute atomic E-state index is 5.81. The Kier molecular flexibility index (Phi) is 5.78. The third-order valence-corrected chi connectivity index (χ3v) is 3.31. The molecule has 3 nitrogen and oxygen atoms in total. The first-order chi connectivity index (χ1) is 8.84. The lowest BCUT2D eigenvalue weighted by Crippen LogP contribution is -2.36. The van der Waals surface area contributed by atoms with Gasteiger partial charge in [0.15, 0.2) is 0 Å². The van der Waals surface area contributed by atoms with E-state index in [-0.39, 0.29) is 0 Å². The lowest BCUT2D eigenvalue weighted by Gasteiger charge is -2.26. The number of hydrogen-bond acceptors (Lipinski definition) is 3. The van der Waals surface area contributed by atoms with E-state index in [4.69, 9.17) is 21.1 Å². The van der Waals surface area contributed by atoms with Crippen LogP contribution in [0.25, 0.3) is 0 Å². The SMILES string of the molecule is Clc1ccc(OCCCCN2CCOCC2)cc1. The highest BCUT2D eigenvalue weighted by Gasteiger charge is 2.08. The van der Waals surface area contributed by atoms with E-state index in [1.165, 1.54) is 6.42 Å². The van der Waals surface area contributed by atoms with Gasteiger partial charge < -0.3 is 9.47 Å². The molecule has 1 heterocycles. The van der Waals surface area contributed by atoms with Crippen molar-refractivity contribution in [2.45, 2.75) is 12.8 Å². The van der Waals surface area contributed by atoms with Crippen molar-refractivity contribution in [1.29, 1.82) is 0 Å². The molecule has 0 spiro atoms. The monoisotopic (exact) mass is 269 g/mol. The fourth-order valence-corrected chi connectivity index (χ4v) is 2.11. The zero-order chi connectivity index (χ0) is 12.6. The Hall–Kier alpha value is -0.770. The summed E-state index contributed by atoms with van der Waals surface area (Å²) in [4.78, 5) is 2.45. The average molecular weight is 270 g/mol. The third kappa shape index (κ3) is 4.84. The van der Waals surface area contributed by atoms with Gasteiger partial charge in [0.25, 0.3) is 0 Å². The first-order valence-corrected chi connectivity index (χ1v) is 6.91. The normalized spacial score (nSPS) is 16.7. The molecule has 18 heavy (non-hydrogen) atoms. The van der Waals surface area contributed by atoms with Crippen molar-refractivity contribution in [3.05, 3.63) is 29.3 Å². The number of unbranched alkanes of at least 4 members (excludes halogenated alkanes) is 1. The van der Waals surface area contributed by atoms with Crippen molar-refractivity contribution in [1.82, 2.24) is 4.90 Å². The summed E-state index contributed by atoms with van der Waals surface area (Å²) in [6.45, 7) is 5.80. The van der Waals surface area contributed by atoms with E-state index in [0.717, 1.165) is 56.6 Å². The maximum Gasteiger partial charge on any atom is 0.119 e. The van der Waals surface area contributed by atoms with E-state index in [0.29, 0.717) is 0 Å². The van der Waals surface area contributed by atoms with Crippen LogP contribution in [0.2, 0.25) is 5.02 Å². The van der Waals surface area contributed by atoms with Gasteiger partial charge in [0.05, 0.1) is 19.8 Å². The summed E-state index contributed by atoms with van der Waals surface area (Å²) in [7, 11) is 0. The van der Waals surface area contributed by atoms with Crippen LogP contribution < -0.4 is 4.74 Å². The van der Waals surface area contributed by atoms with Crippen LogP contribution in [-0.4, -0.2) is 44.4 Å². The van der Waals surface area contributed by atoms with E-state index >= 15 is 0 Å². The quantitative estimate of drug-likeness (QED) is 0.742. The number of halogens is 1. The van der Waals surface area contributed by atoms with Gasteiger partial charge in [-0.1, -0.05) is 11.6 Å². The van der Waals surface area contributed by atoms with Crippen molar-refractivity contribution < 1.29 is 9.47 Å². The summed E-state index contributed by atoms with van der Waals surface area (Å²) in [5.74, 6) is 0.894. The molecular weight excluding hydrogens is 250 g/mol. The lowest BCUT2D eigenvalue weighted by atomic mass is 10.3. The van der Waals surface area contributed by atoms with Crippen LogP contribution in [-0.2, 0) is 4.74 Å². The first kappa shape index (κ1) is 13.7. The molecule has 0 saturated carbocycles. The van der Waals surface area contributed by atoms with E-state index < -0.39 is 0 Å². The summed E-state index contributed by atoms with van der Waals surface area (Å²) in [6.07, 6.45) is 2.26. The van der Waals surface area contributed by atoms with Crippen molar-refractivity contribution >= 4 is 11.6 Å². The fraction of sp³-hybridized carbons (Fsp3) is 0.571. The summed E-state index contributed by atoms with van der Waals surface area (Å²) in [6, 6.07) is 7.52. The Labute approximate surface area is 114 Å². The van der Waals surface area contributed by atoms with Gasteiger partial charge in [-0.2, -0.15) is 0 Å². The molecule has 1 aliphatic heterocycles. The Bertz CT molecular complexity index is 336. The predicted molar refractivity (Wildman–Crippen MR) is 73.4 cm³/mol. The summed E-state index contributed by atoms with van der Waals surface area (Å²) in [5.41, 5.74) is 0. The molecule has 2 rings (SSSR count). The second-order valence-corrected chi connectivity index (χ2v) is 4.90. The Morgan fingerprint density at radius 3 is 2.56 bits per heavy atom. The van der Waals surface area contributed by atoms with E-state index in [1.807, 2.05) is 24.3 Å². The van der Waals surface area contributed by atoms with Crippen LogP contribution in [0, 0.1) is 0 Å². The molecule has 4 heteroatoms. The van der Waals surface area contributed by atoms with Crippen molar-refractivity contribution in [3.63, 3.8) is 0 Å². The van der Waals surface area contributed by atoms with E-state index in [2.05, 4.69) is 4.90 Å². The zero-order valence-corrected chi connectivity index (χ0v) is 11.4. The van der Waals surface area contributed by atoms with Gasteiger partial charge in [-0.05, 0) is 43.7 Å². The topological polar surface area (TPSA) is 21.7 Å². The summed E-state index contributed by atoms with van der Waals surface area (Å²) >= 11 is 5.81. The molecular formula is C14H20ClNO2. The van der Waals surface area contributed by atoms with Gasteiger partial charge in [0, 0.05) is 18.1 Å².